The van der Waals surface area contributed by atoms with Gasteiger partial charge in [-0.25, -0.2) is 0 Å². The van der Waals surface area contributed by atoms with Gasteiger partial charge in [-0.2, -0.15) is 0 Å². The van der Waals surface area contributed by atoms with Crippen molar-refractivity contribution in [2.24, 2.45) is 7.05 Å². The Morgan fingerprint density at radius 3 is 2.75 bits per heavy atom. The summed E-state index contributed by atoms with van der Waals surface area (Å²) in [6.45, 7) is 6.79. The zero-order valence-electron chi connectivity index (χ0n) is 14.6. The molecule has 1 atom stereocenters. The van der Waals surface area contributed by atoms with Gasteiger partial charge in [0, 0.05) is 51.3 Å². The van der Waals surface area contributed by atoms with Gasteiger partial charge in [0.2, 0.25) is 5.91 Å². The van der Waals surface area contributed by atoms with Crippen molar-refractivity contribution < 1.29 is 4.79 Å². The fraction of sp³-hybridized carbons (Fsp3) is 0.500. The number of amides is 1. The Balaban J connectivity index is 1.58. The van der Waals surface area contributed by atoms with Gasteiger partial charge in [0.25, 0.3) is 0 Å². The van der Waals surface area contributed by atoms with Crippen molar-refractivity contribution in [3.05, 3.63) is 42.0 Å². The van der Waals surface area contributed by atoms with E-state index in [0.29, 0.717) is 12.8 Å². The second kappa shape index (κ2) is 7.03. The van der Waals surface area contributed by atoms with Crippen LogP contribution in [0.5, 0.6) is 0 Å². The Kier molecular flexibility index (Phi) is 4.83. The molecule has 0 N–H and O–H groups in total. The SMILES string of the molecule is Cc1ccccc1N1CCN(C(=O)CCc2nncn2C)[C@H](C)C1. The number of carbonyl (C=O) groups excluding carboxylic acids is 1. The third kappa shape index (κ3) is 3.42. The molecule has 24 heavy (non-hydrogen) atoms. The highest BCUT2D eigenvalue weighted by atomic mass is 16.2. The molecule has 6 nitrogen and oxygen atoms in total. The van der Waals surface area contributed by atoms with Crippen molar-refractivity contribution in [1.82, 2.24) is 19.7 Å². The van der Waals surface area contributed by atoms with E-state index in [1.807, 2.05) is 16.5 Å². The lowest BCUT2D eigenvalue weighted by Crippen LogP contribution is -2.54. The van der Waals surface area contributed by atoms with Crippen LogP contribution in [0.3, 0.4) is 0 Å². The maximum absolute atomic E-state index is 12.6. The van der Waals surface area contributed by atoms with Gasteiger partial charge in [-0.1, -0.05) is 18.2 Å². The minimum atomic E-state index is 0.204. The standard InChI is InChI=1S/C18H25N5O/c1-14-6-4-5-7-16(14)22-10-11-23(15(2)12-22)18(24)9-8-17-20-19-13-21(17)3/h4-7,13,15H,8-12H2,1-3H3/t15-/m1/s1. The topological polar surface area (TPSA) is 54.3 Å². The highest BCUT2D eigenvalue weighted by Gasteiger charge is 2.27. The first-order valence-corrected chi connectivity index (χ1v) is 8.49. The van der Waals surface area contributed by atoms with Crippen molar-refractivity contribution in [1.29, 1.82) is 0 Å². The fourth-order valence-corrected chi connectivity index (χ4v) is 3.36. The van der Waals surface area contributed by atoms with Crippen molar-refractivity contribution in [2.45, 2.75) is 32.7 Å². The monoisotopic (exact) mass is 327 g/mol. The van der Waals surface area contributed by atoms with E-state index in [9.17, 15) is 4.79 Å². The van der Waals surface area contributed by atoms with E-state index in [0.717, 1.165) is 25.5 Å². The first kappa shape index (κ1) is 16.5. The number of piperazine rings is 1. The number of aromatic nitrogens is 3. The summed E-state index contributed by atoms with van der Waals surface area (Å²) in [5.41, 5.74) is 2.56. The highest BCUT2D eigenvalue weighted by molar-refractivity contribution is 5.77. The molecule has 0 saturated carbocycles. The fourth-order valence-electron chi connectivity index (χ4n) is 3.36. The summed E-state index contributed by atoms with van der Waals surface area (Å²) in [7, 11) is 1.91. The van der Waals surface area contributed by atoms with E-state index in [1.165, 1.54) is 11.3 Å². The summed E-state index contributed by atoms with van der Waals surface area (Å²) in [6.07, 6.45) is 2.80. The summed E-state index contributed by atoms with van der Waals surface area (Å²) >= 11 is 0. The van der Waals surface area contributed by atoms with Gasteiger partial charge in [-0.05, 0) is 25.5 Å². The third-order valence-electron chi connectivity index (χ3n) is 4.77. The zero-order valence-corrected chi connectivity index (χ0v) is 14.6. The molecule has 1 saturated heterocycles. The number of anilines is 1. The van der Waals surface area contributed by atoms with E-state index >= 15 is 0 Å². The largest absolute Gasteiger partial charge is 0.367 e. The van der Waals surface area contributed by atoms with Gasteiger partial charge < -0.3 is 14.4 Å². The molecule has 1 amide bonds. The summed E-state index contributed by atoms with van der Waals surface area (Å²) in [5, 5.41) is 7.91. The van der Waals surface area contributed by atoms with Crippen LogP contribution in [0.25, 0.3) is 0 Å². The highest BCUT2D eigenvalue weighted by Crippen LogP contribution is 2.23. The van der Waals surface area contributed by atoms with Gasteiger partial charge >= 0.3 is 0 Å². The first-order chi connectivity index (χ1) is 11.6. The lowest BCUT2D eigenvalue weighted by atomic mass is 10.1. The maximum Gasteiger partial charge on any atom is 0.223 e. The lowest BCUT2D eigenvalue weighted by Gasteiger charge is -2.41. The Hall–Kier alpha value is -2.37. The number of rotatable bonds is 4. The quantitative estimate of drug-likeness (QED) is 0.859. The van der Waals surface area contributed by atoms with Crippen LogP contribution < -0.4 is 4.90 Å². The molecule has 3 rings (SSSR count). The second-order valence-electron chi connectivity index (χ2n) is 6.53. The molecular weight excluding hydrogens is 302 g/mol. The molecule has 2 heterocycles. The van der Waals surface area contributed by atoms with Crippen LogP contribution in [0.15, 0.2) is 30.6 Å². The van der Waals surface area contributed by atoms with Gasteiger partial charge in [0.1, 0.15) is 12.2 Å². The molecule has 0 radical (unpaired) electrons. The minimum Gasteiger partial charge on any atom is -0.367 e. The van der Waals surface area contributed by atoms with Gasteiger partial charge in [-0.15, -0.1) is 10.2 Å². The van der Waals surface area contributed by atoms with Crippen molar-refractivity contribution in [3.8, 4) is 0 Å². The molecule has 0 aliphatic carbocycles. The van der Waals surface area contributed by atoms with Gasteiger partial charge in [0.05, 0.1) is 0 Å². The number of hydrogen-bond acceptors (Lipinski definition) is 4. The lowest BCUT2D eigenvalue weighted by molar-refractivity contribution is -0.133. The molecule has 6 heteroatoms. The van der Waals surface area contributed by atoms with Gasteiger partial charge in [-0.3, -0.25) is 4.79 Å². The van der Waals surface area contributed by atoms with E-state index in [-0.39, 0.29) is 11.9 Å². The summed E-state index contributed by atoms with van der Waals surface area (Å²) in [4.78, 5) is 17.0. The molecule has 1 aliphatic heterocycles. The first-order valence-electron chi connectivity index (χ1n) is 8.49. The third-order valence-corrected chi connectivity index (χ3v) is 4.77. The molecule has 1 aliphatic rings. The average Bonchev–Trinajstić information content (AvgIpc) is 2.98. The van der Waals surface area contributed by atoms with E-state index in [4.69, 9.17) is 0 Å². The smallest absolute Gasteiger partial charge is 0.223 e. The summed E-state index contributed by atoms with van der Waals surface area (Å²) in [6, 6.07) is 8.65. The van der Waals surface area contributed by atoms with Crippen molar-refractivity contribution in [3.63, 3.8) is 0 Å². The molecule has 0 bridgehead atoms. The van der Waals surface area contributed by atoms with E-state index in [1.54, 1.807) is 6.33 Å². The van der Waals surface area contributed by atoms with Crippen LogP contribution in [0, 0.1) is 6.92 Å². The molecule has 1 aromatic heterocycles. The minimum absolute atomic E-state index is 0.204. The molecule has 128 valence electrons. The predicted octanol–water partition coefficient (Wildman–Crippen LogP) is 1.79. The Labute approximate surface area is 143 Å². The molecule has 1 aromatic carbocycles. The zero-order chi connectivity index (χ0) is 17.1. The Morgan fingerprint density at radius 1 is 1.29 bits per heavy atom. The normalized spacial score (nSPS) is 18.0. The van der Waals surface area contributed by atoms with Crippen LogP contribution >= 0.6 is 0 Å². The van der Waals surface area contributed by atoms with E-state index in [2.05, 4.69) is 53.2 Å². The molecular formula is C18H25N5O. The maximum atomic E-state index is 12.6. The summed E-state index contributed by atoms with van der Waals surface area (Å²) in [5.74, 6) is 1.06. The van der Waals surface area contributed by atoms with Crippen molar-refractivity contribution >= 4 is 11.6 Å². The van der Waals surface area contributed by atoms with Crippen LogP contribution in [-0.2, 0) is 18.3 Å². The predicted molar refractivity (Wildman–Crippen MR) is 93.9 cm³/mol. The van der Waals surface area contributed by atoms with Crippen LogP contribution in [-0.4, -0.2) is 51.2 Å². The Bertz CT molecular complexity index is 711. The van der Waals surface area contributed by atoms with E-state index < -0.39 is 0 Å². The van der Waals surface area contributed by atoms with Gasteiger partial charge in [0.15, 0.2) is 0 Å². The van der Waals surface area contributed by atoms with Crippen molar-refractivity contribution in [2.75, 3.05) is 24.5 Å². The number of para-hydroxylation sites is 1. The average molecular weight is 327 g/mol. The number of hydrogen-bond donors (Lipinski definition) is 0. The molecule has 0 spiro atoms. The van der Waals surface area contributed by atoms with Crippen LogP contribution in [0.1, 0.15) is 24.7 Å². The number of nitrogens with zero attached hydrogens (tertiary/aromatic N) is 5. The molecule has 1 fully saturated rings. The number of benzene rings is 1. The molecule has 2 aromatic rings. The van der Waals surface area contributed by atoms with Crippen LogP contribution in [0.4, 0.5) is 5.69 Å². The second-order valence-corrected chi connectivity index (χ2v) is 6.53. The van der Waals surface area contributed by atoms with Crippen LogP contribution in [0.2, 0.25) is 0 Å². The Morgan fingerprint density at radius 2 is 2.08 bits per heavy atom. The number of carbonyl (C=O) groups is 1. The number of aryl methyl sites for hydroxylation is 3. The summed E-state index contributed by atoms with van der Waals surface area (Å²) < 4.78 is 1.87. The molecule has 0 unspecified atom stereocenters.